The highest BCUT2D eigenvalue weighted by atomic mass is 35.5. The molecule has 1 fully saturated rings. The Morgan fingerprint density at radius 2 is 1.76 bits per heavy atom. The predicted molar refractivity (Wildman–Crippen MR) is 116 cm³/mol. The van der Waals surface area contributed by atoms with Crippen molar-refractivity contribution in [3.05, 3.63) is 57.6 Å². The fraction of sp³-hybridized carbons (Fsp3) is 0.364. The third-order valence-corrected chi connectivity index (χ3v) is 6.60. The monoisotopic (exact) mass is 522 g/mol. The summed E-state index contributed by atoms with van der Waals surface area (Å²) in [7, 11) is 0. The lowest BCUT2D eigenvalue weighted by molar-refractivity contribution is -0.143. The number of thiazole rings is 1. The average Bonchev–Trinajstić information content (AvgIpc) is 3.39. The molecule has 0 aliphatic carbocycles. The van der Waals surface area contributed by atoms with Gasteiger partial charge in [0.2, 0.25) is 0 Å². The number of ether oxygens (including phenoxy) is 1. The Hall–Kier alpha value is -2.37. The van der Waals surface area contributed by atoms with Crippen LogP contribution in [-0.2, 0) is 17.1 Å². The number of alkyl halides is 6. The van der Waals surface area contributed by atoms with Gasteiger partial charge in [-0.15, -0.1) is 0 Å². The van der Waals surface area contributed by atoms with Crippen LogP contribution in [0.5, 0.6) is 0 Å². The predicted octanol–water partition coefficient (Wildman–Crippen LogP) is 7.12. The fourth-order valence-corrected chi connectivity index (χ4v) is 5.16. The Kier molecular flexibility index (Phi) is 6.56. The van der Waals surface area contributed by atoms with Crippen molar-refractivity contribution in [1.29, 1.82) is 0 Å². The van der Waals surface area contributed by atoms with E-state index in [0.29, 0.717) is 46.0 Å². The van der Waals surface area contributed by atoms with Gasteiger partial charge in [-0.2, -0.15) is 26.3 Å². The Morgan fingerprint density at radius 3 is 2.32 bits per heavy atom. The van der Waals surface area contributed by atoms with Gasteiger partial charge in [-0.05, 0) is 55.7 Å². The van der Waals surface area contributed by atoms with E-state index in [4.69, 9.17) is 16.3 Å². The van der Waals surface area contributed by atoms with Gasteiger partial charge < -0.3 is 4.74 Å². The van der Waals surface area contributed by atoms with Crippen LogP contribution in [0.25, 0.3) is 10.2 Å². The number of aryl methyl sites for hydroxylation is 1. The number of anilines is 1. The van der Waals surface area contributed by atoms with Crippen molar-refractivity contribution in [2.45, 2.75) is 38.2 Å². The number of hydrogen-bond acceptors (Lipinski definition) is 4. The molecule has 1 aliphatic heterocycles. The maximum Gasteiger partial charge on any atom is 0.416 e. The number of amides is 1. The maximum atomic E-state index is 13.4. The largest absolute Gasteiger partial charge is 0.416 e. The number of aromatic nitrogens is 1. The number of carbonyl (C=O) groups is 1. The third kappa shape index (κ3) is 5.16. The van der Waals surface area contributed by atoms with Crippen LogP contribution in [0.3, 0.4) is 0 Å². The first kappa shape index (κ1) is 24.7. The summed E-state index contributed by atoms with van der Waals surface area (Å²) in [4.78, 5) is 18.9. The Balaban J connectivity index is 1.82. The minimum absolute atomic E-state index is 0.00967. The molecule has 0 radical (unpaired) electrons. The van der Waals surface area contributed by atoms with Crippen LogP contribution in [0.15, 0.2) is 30.3 Å². The summed E-state index contributed by atoms with van der Waals surface area (Å²) >= 11 is 7.16. The van der Waals surface area contributed by atoms with Crippen molar-refractivity contribution in [2.24, 2.45) is 0 Å². The molecule has 34 heavy (non-hydrogen) atoms. The number of fused-ring (bicyclic) bond motifs is 1. The normalized spacial score (nSPS) is 16.9. The highest BCUT2D eigenvalue weighted by Crippen LogP contribution is 2.38. The van der Waals surface area contributed by atoms with Crippen LogP contribution in [-0.4, -0.2) is 30.1 Å². The van der Waals surface area contributed by atoms with Crippen molar-refractivity contribution < 1.29 is 35.9 Å². The minimum atomic E-state index is -5.07. The summed E-state index contributed by atoms with van der Waals surface area (Å²) in [6.07, 6.45) is -9.24. The molecule has 0 spiro atoms. The molecule has 4 rings (SSSR count). The van der Waals surface area contributed by atoms with Gasteiger partial charge in [0.15, 0.2) is 5.13 Å². The molecule has 1 saturated heterocycles. The first-order valence-electron chi connectivity index (χ1n) is 10.1. The summed E-state index contributed by atoms with van der Waals surface area (Å²) < 4.78 is 86.2. The van der Waals surface area contributed by atoms with Crippen molar-refractivity contribution in [1.82, 2.24) is 4.98 Å². The summed E-state index contributed by atoms with van der Waals surface area (Å²) in [6, 6.07) is 4.14. The second-order valence-electron chi connectivity index (χ2n) is 7.91. The van der Waals surface area contributed by atoms with E-state index in [1.165, 1.54) is 0 Å². The van der Waals surface area contributed by atoms with E-state index in [1.807, 2.05) is 0 Å². The molecule has 1 atom stereocenters. The number of nitrogens with zero attached hydrogens (tertiary/aromatic N) is 2. The van der Waals surface area contributed by atoms with Crippen molar-refractivity contribution in [3.63, 3.8) is 0 Å². The number of benzene rings is 2. The Morgan fingerprint density at radius 1 is 1.12 bits per heavy atom. The molecule has 12 heteroatoms. The van der Waals surface area contributed by atoms with Crippen LogP contribution >= 0.6 is 22.9 Å². The molecule has 0 N–H and O–H groups in total. The summed E-state index contributed by atoms with van der Waals surface area (Å²) in [5.41, 5.74) is -2.61. The van der Waals surface area contributed by atoms with Crippen LogP contribution in [0.1, 0.15) is 39.9 Å². The lowest BCUT2D eigenvalue weighted by Crippen LogP contribution is -2.37. The van der Waals surface area contributed by atoms with Crippen LogP contribution in [0.2, 0.25) is 5.02 Å². The quantitative estimate of drug-likeness (QED) is 0.343. The number of halogens is 7. The molecule has 0 bridgehead atoms. The van der Waals surface area contributed by atoms with E-state index in [9.17, 15) is 31.1 Å². The van der Waals surface area contributed by atoms with Crippen LogP contribution in [0.4, 0.5) is 31.5 Å². The minimum Gasteiger partial charge on any atom is -0.376 e. The lowest BCUT2D eigenvalue weighted by atomic mass is 10.0. The van der Waals surface area contributed by atoms with Gasteiger partial charge in [0.1, 0.15) is 0 Å². The maximum absolute atomic E-state index is 13.4. The van der Waals surface area contributed by atoms with Gasteiger partial charge in [-0.1, -0.05) is 22.9 Å². The number of carbonyl (C=O) groups excluding carboxylic acids is 1. The highest BCUT2D eigenvalue weighted by Gasteiger charge is 2.38. The SMILES string of the molecule is Cc1cc(Cl)cc2sc(N(CC3CCCO3)C(=O)c3cc(C(F)(F)F)cc(C(F)(F)F)c3)nc12. The van der Waals surface area contributed by atoms with Gasteiger partial charge in [0, 0.05) is 17.2 Å². The standard InChI is InChI=1S/C22H17ClF6N2O2S/c1-11-5-15(23)9-17-18(11)30-20(34-17)31(10-16-3-2-4-33-16)19(32)12-6-13(21(24,25)26)8-14(7-12)22(27,28)29/h5-9,16H,2-4,10H2,1H3. The molecule has 182 valence electrons. The van der Waals surface area contributed by atoms with Crippen molar-refractivity contribution in [3.8, 4) is 0 Å². The molecule has 1 aromatic heterocycles. The smallest absolute Gasteiger partial charge is 0.376 e. The summed E-state index contributed by atoms with van der Waals surface area (Å²) in [5.74, 6) is -1.03. The van der Waals surface area contributed by atoms with Crippen LogP contribution in [0, 0.1) is 6.92 Å². The Bertz CT molecular complexity index is 1200. The van der Waals surface area contributed by atoms with Crippen molar-refractivity contribution >= 4 is 44.2 Å². The zero-order valence-corrected chi connectivity index (χ0v) is 19.1. The third-order valence-electron chi connectivity index (χ3n) is 5.36. The summed E-state index contributed by atoms with van der Waals surface area (Å²) in [6.45, 7) is 2.14. The molecule has 3 aromatic rings. The van der Waals surface area contributed by atoms with E-state index in [0.717, 1.165) is 22.7 Å². The average molecular weight is 523 g/mol. The van der Waals surface area contributed by atoms with Gasteiger partial charge in [0.25, 0.3) is 5.91 Å². The van der Waals surface area contributed by atoms with E-state index in [1.54, 1.807) is 19.1 Å². The van der Waals surface area contributed by atoms with E-state index >= 15 is 0 Å². The fourth-order valence-electron chi connectivity index (χ4n) is 3.73. The second-order valence-corrected chi connectivity index (χ2v) is 9.36. The molecular weight excluding hydrogens is 506 g/mol. The molecular formula is C22H17ClF6N2O2S. The molecule has 1 amide bonds. The van der Waals surface area contributed by atoms with Crippen LogP contribution < -0.4 is 4.90 Å². The van der Waals surface area contributed by atoms with Gasteiger partial charge in [-0.25, -0.2) is 4.98 Å². The van der Waals surface area contributed by atoms with Gasteiger partial charge >= 0.3 is 12.4 Å². The number of hydrogen-bond donors (Lipinski definition) is 0. The van der Waals surface area contributed by atoms with Gasteiger partial charge in [0.05, 0.1) is 34.0 Å². The molecule has 1 aliphatic rings. The lowest BCUT2D eigenvalue weighted by Gasteiger charge is -2.24. The van der Waals surface area contributed by atoms with E-state index in [-0.39, 0.29) is 17.7 Å². The van der Waals surface area contributed by atoms with Crippen molar-refractivity contribution in [2.75, 3.05) is 18.1 Å². The molecule has 2 aromatic carbocycles. The first-order chi connectivity index (χ1) is 15.8. The second kappa shape index (κ2) is 9.01. The molecule has 1 unspecified atom stereocenters. The van der Waals surface area contributed by atoms with Gasteiger partial charge in [-0.3, -0.25) is 9.69 Å². The molecule has 2 heterocycles. The molecule has 0 saturated carbocycles. The zero-order valence-electron chi connectivity index (χ0n) is 17.6. The topological polar surface area (TPSA) is 42.4 Å². The van der Waals surface area contributed by atoms with E-state index < -0.39 is 41.1 Å². The zero-order chi connectivity index (χ0) is 24.8. The Labute approximate surface area is 199 Å². The summed E-state index contributed by atoms with van der Waals surface area (Å²) in [5, 5.41) is 0.566. The first-order valence-corrected chi connectivity index (χ1v) is 11.3. The van der Waals surface area contributed by atoms with E-state index in [2.05, 4.69) is 4.98 Å². The number of rotatable bonds is 4. The highest BCUT2D eigenvalue weighted by molar-refractivity contribution is 7.22. The molecule has 4 nitrogen and oxygen atoms in total.